The monoisotopic (exact) mass is 412 g/mol. The Balaban J connectivity index is 2.05. The quantitative estimate of drug-likeness (QED) is 0.149. The Hall–Kier alpha value is -1.40. The molecule has 0 saturated heterocycles. The van der Waals surface area contributed by atoms with Gasteiger partial charge in [-0.05, 0) is 18.6 Å². The lowest BCUT2D eigenvalue weighted by molar-refractivity contribution is -0.134. The minimum absolute atomic E-state index is 0.121. The van der Waals surface area contributed by atoms with Crippen molar-refractivity contribution in [1.29, 1.82) is 0 Å². The fraction of sp³-hybridized carbons (Fsp3) is 0.682. The van der Waals surface area contributed by atoms with E-state index < -0.39 is 16.1 Å². The maximum atomic E-state index is 11.9. The van der Waals surface area contributed by atoms with E-state index in [0.29, 0.717) is 0 Å². The largest absolute Gasteiger partial charge is 0.425 e. The van der Waals surface area contributed by atoms with Crippen LogP contribution in [0.1, 0.15) is 96.8 Å². The van der Waals surface area contributed by atoms with Crippen LogP contribution in [-0.4, -0.2) is 18.9 Å². The van der Waals surface area contributed by atoms with E-state index in [1.54, 1.807) is 6.07 Å². The van der Waals surface area contributed by atoms with Crippen LogP contribution < -0.4 is 4.74 Å². The summed E-state index contributed by atoms with van der Waals surface area (Å²) in [5.74, 6) is -0.594. The lowest BCUT2D eigenvalue weighted by atomic mass is 10.0. The van der Waals surface area contributed by atoms with Gasteiger partial charge in [0.15, 0.2) is 5.75 Å². The van der Waals surface area contributed by atoms with Crippen molar-refractivity contribution in [3.63, 3.8) is 0 Å². The van der Waals surface area contributed by atoms with E-state index in [1.165, 1.54) is 82.4 Å². The van der Waals surface area contributed by atoms with Crippen LogP contribution in [-0.2, 0) is 14.9 Å². The fourth-order valence-corrected chi connectivity index (χ4v) is 3.82. The molecule has 0 fully saturated rings. The zero-order chi connectivity index (χ0) is 20.7. The Morgan fingerprint density at radius 3 is 1.79 bits per heavy atom. The highest BCUT2D eigenvalue weighted by atomic mass is 32.2. The molecule has 0 heterocycles. The van der Waals surface area contributed by atoms with Crippen molar-refractivity contribution in [2.24, 2.45) is 0 Å². The van der Waals surface area contributed by atoms with Gasteiger partial charge >= 0.3 is 5.97 Å². The molecule has 160 valence electrons. The van der Waals surface area contributed by atoms with Crippen LogP contribution in [0.5, 0.6) is 5.75 Å². The molecular weight excluding hydrogens is 376 g/mol. The van der Waals surface area contributed by atoms with Gasteiger partial charge in [0.1, 0.15) is 4.90 Å². The minimum atomic E-state index is -4.40. The van der Waals surface area contributed by atoms with Gasteiger partial charge in [-0.25, -0.2) is 0 Å². The number of hydrogen-bond donors (Lipinski definition) is 1. The SMILES string of the molecule is CCCCCCCCCCCCCCCC(=O)Oc1ccccc1S(=O)(=O)O. The average molecular weight is 413 g/mol. The summed E-state index contributed by atoms with van der Waals surface area (Å²) in [6, 6.07) is 5.60. The number of ether oxygens (including phenoxy) is 1. The minimum Gasteiger partial charge on any atom is -0.425 e. The molecule has 0 aliphatic rings. The Morgan fingerprint density at radius 1 is 0.821 bits per heavy atom. The number of rotatable bonds is 16. The maximum absolute atomic E-state index is 11.9. The van der Waals surface area contributed by atoms with Gasteiger partial charge in [0, 0.05) is 6.42 Å². The molecule has 6 heteroatoms. The number of para-hydroxylation sites is 1. The van der Waals surface area contributed by atoms with Crippen LogP contribution >= 0.6 is 0 Å². The highest BCUT2D eigenvalue weighted by Crippen LogP contribution is 2.23. The zero-order valence-electron chi connectivity index (χ0n) is 17.2. The summed E-state index contributed by atoms with van der Waals surface area (Å²) in [5, 5.41) is 0. The zero-order valence-corrected chi connectivity index (χ0v) is 18.0. The highest BCUT2D eigenvalue weighted by Gasteiger charge is 2.18. The molecule has 1 aromatic rings. The lowest BCUT2D eigenvalue weighted by Gasteiger charge is -2.08. The van der Waals surface area contributed by atoms with Crippen molar-refractivity contribution in [2.75, 3.05) is 0 Å². The molecule has 28 heavy (non-hydrogen) atoms. The summed E-state index contributed by atoms with van der Waals surface area (Å²) in [6.07, 6.45) is 16.2. The van der Waals surface area contributed by atoms with Crippen LogP contribution in [0.3, 0.4) is 0 Å². The molecule has 5 nitrogen and oxygen atoms in total. The highest BCUT2D eigenvalue weighted by molar-refractivity contribution is 7.86. The third-order valence-electron chi connectivity index (χ3n) is 4.84. The number of unbranched alkanes of at least 4 members (excludes halogenated alkanes) is 12. The van der Waals surface area contributed by atoms with Crippen molar-refractivity contribution in [2.45, 2.75) is 102 Å². The summed E-state index contributed by atoms with van der Waals surface area (Å²) in [4.78, 5) is 11.5. The first-order chi connectivity index (χ1) is 13.4. The lowest BCUT2D eigenvalue weighted by Crippen LogP contribution is -2.10. The molecule has 1 rings (SSSR count). The summed E-state index contributed by atoms with van der Waals surface area (Å²) < 4.78 is 36.8. The van der Waals surface area contributed by atoms with E-state index in [-0.39, 0.29) is 17.1 Å². The molecule has 0 spiro atoms. The van der Waals surface area contributed by atoms with Gasteiger partial charge in [-0.1, -0.05) is 96.1 Å². The molecule has 0 bridgehead atoms. The van der Waals surface area contributed by atoms with Gasteiger partial charge in [0.05, 0.1) is 0 Å². The number of hydrogen-bond acceptors (Lipinski definition) is 4. The van der Waals surface area contributed by atoms with Gasteiger partial charge in [-0.3, -0.25) is 9.35 Å². The smallest absolute Gasteiger partial charge is 0.311 e. The van der Waals surface area contributed by atoms with E-state index in [2.05, 4.69) is 6.92 Å². The summed E-state index contributed by atoms with van der Waals surface area (Å²) in [7, 11) is -4.40. The van der Waals surface area contributed by atoms with Crippen molar-refractivity contribution < 1.29 is 22.5 Å². The second-order valence-electron chi connectivity index (χ2n) is 7.39. The van der Waals surface area contributed by atoms with E-state index in [9.17, 15) is 13.2 Å². The predicted molar refractivity (Wildman–Crippen MR) is 112 cm³/mol. The van der Waals surface area contributed by atoms with E-state index >= 15 is 0 Å². The summed E-state index contributed by atoms with van der Waals surface area (Å²) in [5.41, 5.74) is 0. The van der Waals surface area contributed by atoms with E-state index in [4.69, 9.17) is 9.29 Å². The van der Waals surface area contributed by atoms with Crippen molar-refractivity contribution in [3.05, 3.63) is 24.3 Å². The molecule has 1 aromatic carbocycles. The van der Waals surface area contributed by atoms with Crippen LogP contribution in [0.15, 0.2) is 29.2 Å². The third kappa shape index (κ3) is 11.4. The molecule has 0 saturated carbocycles. The third-order valence-corrected chi connectivity index (χ3v) is 5.73. The molecular formula is C22H36O5S. The van der Waals surface area contributed by atoms with Crippen LogP contribution in [0.4, 0.5) is 0 Å². The number of benzene rings is 1. The normalized spacial score (nSPS) is 11.5. The van der Waals surface area contributed by atoms with Crippen LogP contribution in [0.2, 0.25) is 0 Å². The number of carbonyl (C=O) groups is 1. The molecule has 1 N–H and O–H groups in total. The van der Waals surface area contributed by atoms with Crippen LogP contribution in [0, 0.1) is 0 Å². The Morgan fingerprint density at radius 2 is 1.29 bits per heavy atom. The van der Waals surface area contributed by atoms with Gasteiger partial charge in [0.25, 0.3) is 10.1 Å². The first-order valence-electron chi connectivity index (χ1n) is 10.7. The standard InChI is InChI=1S/C22H36O5S/c1-2-3-4-5-6-7-8-9-10-11-12-13-14-19-22(23)27-20-17-15-16-18-21(20)28(24,25)26/h15-18H,2-14,19H2,1H3,(H,24,25,26). The first-order valence-corrected chi connectivity index (χ1v) is 12.2. The van der Waals surface area contributed by atoms with Gasteiger partial charge in [-0.15, -0.1) is 0 Å². The second kappa shape index (κ2) is 14.6. The Bertz CT molecular complexity index is 655. The molecule has 0 aliphatic carbocycles. The van der Waals surface area contributed by atoms with Gasteiger partial charge < -0.3 is 4.74 Å². The molecule has 0 atom stereocenters. The van der Waals surface area contributed by atoms with Crippen molar-refractivity contribution in [1.82, 2.24) is 0 Å². The summed E-state index contributed by atoms with van der Waals surface area (Å²) in [6.45, 7) is 2.24. The molecule has 0 radical (unpaired) electrons. The molecule has 0 amide bonds. The fourth-order valence-electron chi connectivity index (χ4n) is 3.21. The summed E-state index contributed by atoms with van der Waals surface area (Å²) >= 11 is 0. The van der Waals surface area contributed by atoms with Gasteiger partial charge in [-0.2, -0.15) is 8.42 Å². The molecule has 0 unspecified atom stereocenters. The Kier molecular flexibility index (Phi) is 12.8. The van der Waals surface area contributed by atoms with E-state index in [1.807, 2.05) is 0 Å². The number of carbonyl (C=O) groups excluding carboxylic acids is 1. The average Bonchev–Trinajstić information content (AvgIpc) is 2.65. The maximum Gasteiger partial charge on any atom is 0.311 e. The predicted octanol–water partition coefficient (Wildman–Crippen LogP) is 6.32. The van der Waals surface area contributed by atoms with Crippen molar-refractivity contribution in [3.8, 4) is 5.75 Å². The van der Waals surface area contributed by atoms with Crippen LogP contribution in [0.25, 0.3) is 0 Å². The topological polar surface area (TPSA) is 80.7 Å². The molecule has 0 aliphatic heterocycles. The van der Waals surface area contributed by atoms with E-state index in [0.717, 1.165) is 19.3 Å². The Labute approximate surface area is 170 Å². The number of esters is 1. The first kappa shape index (κ1) is 24.6. The van der Waals surface area contributed by atoms with Gasteiger partial charge in [0.2, 0.25) is 0 Å². The molecule has 0 aromatic heterocycles. The van der Waals surface area contributed by atoms with Crippen molar-refractivity contribution >= 4 is 16.1 Å². The second-order valence-corrected chi connectivity index (χ2v) is 8.78.